The van der Waals surface area contributed by atoms with Gasteiger partial charge in [0.15, 0.2) is 5.82 Å². The van der Waals surface area contributed by atoms with Crippen LogP contribution in [0.1, 0.15) is 57.2 Å². The fourth-order valence-corrected chi connectivity index (χ4v) is 4.05. The molecule has 4 aromatic rings. The van der Waals surface area contributed by atoms with Crippen molar-refractivity contribution < 1.29 is 0 Å². The molecule has 1 aromatic carbocycles. The molecule has 3 aromatic heterocycles. The number of pyridine rings is 1. The minimum Gasteiger partial charge on any atom is -0.299 e. The molecular formula is C25H31N7O. The van der Waals surface area contributed by atoms with E-state index >= 15 is 0 Å². The maximum Gasteiger partial charge on any atom is 0.328 e. The minimum absolute atomic E-state index is 0.0892. The number of hydrogen-bond donors (Lipinski definition) is 1. The van der Waals surface area contributed by atoms with Crippen molar-refractivity contribution in [2.75, 3.05) is 0 Å². The highest BCUT2D eigenvalue weighted by Gasteiger charge is 2.14. The zero-order valence-electron chi connectivity index (χ0n) is 19.4. The number of hydrogen-bond acceptors (Lipinski definition) is 5. The van der Waals surface area contributed by atoms with Crippen LogP contribution >= 0.6 is 0 Å². The summed E-state index contributed by atoms with van der Waals surface area (Å²) in [5.41, 5.74) is 4.99. The molecule has 0 saturated heterocycles. The Kier molecular flexibility index (Phi) is 7.44. The van der Waals surface area contributed by atoms with Gasteiger partial charge in [-0.3, -0.25) is 14.1 Å². The van der Waals surface area contributed by atoms with Crippen LogP contribution in [0.3, 0.4) is 0 Å². The molecule has 0 radical (unpaired) electrons. The first-order valence-electron chi connectivity index (χ1n) is 11.8. The molecule has 0 spiro atoms. The number of rotatable bonds is 11. The Bertz CT molecular complexity index is 1210. The van der Waals surface area contributed by atoms with Crippen molar-refractivity contribution in [1.29, 1.82) is 0 Å². The number of aromatic nitrogens is 7. The van der Waals surface area contributed by atoms with Crippen LogP contribution in [-0.4, -0.2) is 34.7 Å². The summed E-state index contributed by atoms with van der Waals surface area (Å²) in [5, 5.41) is 14.1. The van der Waals surface area contributed by atoms with E-state index in [0.717, 1.165) is 54.6 Å². The van der Waals surface area contributed by atoms with E-state index in [1.54, 1.807) is 6.20 Å². The van der Waals surface area contributed by atoms with Gasteiger partial charge in [-0.25, -0.2) is 9.89 Å². The summed E-state index contributed by atoms with van der Waals surface area (Å²) in [7, 11) is 0. The Balaban J connectivity index is 1.59. The van der Waals surface area contributed by atoms with Crippen LogP contribution in [0, 0.1) is 0 Å². The molecule has 0 bridgehead atoms. The van der Waals surface area contributed by atoms with Crippen LogP contribution in [0.15, 0.2) is 53.6 Å². The highest BCUT2D eigenvalue weighted by molar-refractivity contribution is 5.77. The molecule has 0 saturated carbocycles. The lowest BCUT2D eigenvalue weighted by molar-refractivity contribution is 0.591. The van der Waals surface area contributed by atoms with Gasteiger partial charge < -0.3 is 0 Å². The van der Waals surface area contributed by atoms with Gasteiger partial charge in [0, 0.05) is 30.2 Å². The predicted octanol–water partition coefficient (Wildman–Crippen LogP) is 4.47. The zero-order chi connectivity index (χ0) is 23.0. The van der Waals surface area contributed by atoms with Crippen molar-refractivity contribution in [3.05, 3.63) is 70.5 Å². The maximum atomic E-state index is 13.1. The van der Waals surface area contributed by atoms with Gasteiger partial charge in [-0.2, -0.15) is 0 Å². The van der Waals surface area contributed by atoms with E-state index in [9.17, 15) is 4.79 Å². The Hall–Kier alpha value is -3.55. The Morgan fingerprint density at radius 1 is 1.00 bits per heavy atom. The lowest BCUT2D eigenvalue weighted by Crippen LogP contribution is -2.25. The maximum absolute atomic E-state index is 13.1. The number of benzene rings is 1. The molecule has 0 aliphatic heterocycles. The van der Waals surface area contributed by atoms with Crippen molar-refractivity contribution >= 4 is 0 Å². The van der Waals surface area contributed by atoms with Gasteiger partial charge in [-0.05, 0) is 46.9 Å². The molecule has 8 heteroatoms. The first-order valence-corrected chi connectivity index (χ1v) is 11.8. The van der Waals surface area contributed by atoms with Gasteiger partial charge in [0.25, 0.3) is 0 Å². The second-order valence-electron chi connectivity index (χ2n) is 8.34. The number of aryl methyl sites for hydroxylation is 2. The summed E-state index contributed by atoms with van der Waals surface area (Å²) in [6, 6.07) is 12.2. The highest BCUT2D eigenvalue weighted by Crippen LogP contribution is 2.28. The van der Waals surface area contributed by atoms with Crippen molar-refractivity contribution in [1.82, 2.24) is 34.7 Å². The van der Waals surface area contributed by atoms with E-state index in [1.165, 1.54) is 12.8 Å². The summed E-state index contributed by atoms with van der Waals surface area (Å²) < 4.78 is 3.82. The molecular weight excluding hydrogens is 414 g/mol. The van der Waals surface area contributed by atoms with E-state index in [2.05, 4.69) is 69.9 Å². The highest BCUT2D eigenvalue weighted by atomic mass is 16.1. The lowest BCUT2D eigenvalue weighted by Gasteiger charge is -2.10. The van der Waals surface area contributed by atoms with Gasteiger partial charge in [0.1, 0.15) is 5.69 Å². The minimum atomic E-state index is 0.0892. The third kappa shape index (κ3) is 5.27. The molecule has 172 valence electrons. The summed E-state index contributed by atoms with van der Waals surface area (Å²) in [4.78, 5) is 17.5. The van der Waals surface area contributed by atoms with Crippen LogP contribution in [0.25, 0.3) is 22.6 Å². The number of H-pyrrole nitrogens is 1. The van der Waals surface area contributed by atoms with Crippen LogP contribution in [-0.2, 0) is 19.5 Å². The van der Waals surface area contributed by atoms with Crippen LogP contribution in [0.4, 0.5) is 0 Å². The fourth-order valence-electron chi connectivity index (χ4n) is 4.05. The monoisotopic (exact) mass is 445 g/mol. The van der Waals surface area contributed by atoms with Gasteiger partial charge in [0.2, 0.25) is 0 Å². The molecule has 0 unspecified atom stereocenters. The number of aromatic amines is 1. The van der Waals surface area contributed by atoms with Crippen molar-refractivity contribution in [2.24, 2.45) is 0 Å². The molecule has 0 aliphatic carbocycles. The van der Waals surface area contributed by atoms with Gasteiger partial charge in [-0.1, -0.05) is 63.4 Å². The largest absolute Gasteiger partial charge is 0.328 e. The molecule has 0 amide bonds. The lowest BCUT2D eigenvalue weighted by atomic mass is 10.0. The number of unbranched alkanes of at least 4 members (excludes halogenated alkanes) is 3. The molecule has 33 heavy (non-hydrogen) atoms. The average molecular weight is 446 g/mol. The third-order valence-electron chi connectivity index (χ3n) is 5.90. The van der Waals surface area contributed by atoms with Gasteiger partial charge in [0.05, 0.1) is 6.54 Å². The van der Waals surface area contributed by atoms with E-state index in [-0.39, 0.29) is 5.69 Å². The topological polar surface area (TPSA) is 94.3 Å². The molecule has 0 aliphatic rings. The van der Waals surface area contributed by atoms with E-state index < -0.39 is 0 Å². The molecule has 0 atom stereocenters. The molecule has 1 N–H and O–H groups in total. The third-order valence-corrected chi connectivity index (χ3v) is 5.90. The zero-order valence-corrected chi connectivity index (χ0v) is 19.4. The number of imidazole rings is 1. The number of nitrogens with one attached hydrogen (secondary N) is 1. The van der Waals surface area contributed by atoms with Gasteiger partial charge >= 0.3 is 5.69 Å². The number of tetrazole rings is 1. The van der Waals surface area contributed by atoms with Crippen molar-refractivity contribution in [3.63, 3.8) is 0 Å². The van der Waals surface area contributed by atoms with Crippen LogP contribution in [0.5, 0.6) is 0 Å². The second-order valence-corrected chi connectivity index (χ2v) is 8.34. The molecule has 0 fully saturated rings. The van der Waals surface area contributed by atoms with E-state index in [0.29, 0.717) is 18.1 Å². The molecule has 4 rings (SSSR count). The van der Waals surface area contributed by atoms with Crippen molar-refractivity contribution in [3.8, 4) is 22.6 Å². The second kappa shape index (κ2) is 10.8. The van der Waals surface area contributed by atoms with E-state index in [4.69, 9.17) is 0 Å². The van der Waals surface area contributed by atoms with Crippen molar-refractivity contribution in [2.45, 2.75) is 65.5 Å². The van der Waals surface area contributed by atoms with Crippen LogP contribution < -0.4 is 5.69 Å². The van der Waals surface area contributed by atoms with E-state index in [1.807, 2.05) is 21.3 Å². The molecule has 8 nitrogen and oxygen atoms in total. The average Bonchev–Trinajstić information content (AvgIpc) is 3.48. The van der Waals surface area contributed by atoms with Crippen LogP contribution in [0.2, 0.25) is 0 Å². The normalized spacial score (nSPS) is 11.2. The fraction of sp³-hybridized carbons (Fsp3) is 0.400. The summed E-state index contributed by atoms with van der Waals surface area (Å²) in [6.07, 6.45) is 10.3. The quantitative estimate of drug-likeness (QED) is 0.344. The summed E-state index contributed by atoms with van der Waals surface area (Å²) in [5.74, 6) is 0.534. The standard InChI is InChI=1S/C25H31N7O/c1-3-5-7-9-21-18-31(16-6-4-2)25(33)32(21)17-19-11-13-20(14-12-19)22-10-8-15-26-23(22)24-27-29-30-28-24/h8,10-15,18H,3-7,9,16-17H2,1-2H3,(H,27,28,29,30). The van der Waals surface area contributed by atoms with Gasteiger partial charge in [-0.15, -0.1) is 5.10 Å². The summed E-state index contributed by atoms with van der Waals surface area (Å²) in [6.45, 7) is 5.71. The Labute approximate surface area is 193 Å². The SMILES string of the molecule is CCCCCc1cn(CCCC)c(=O)n1Cc1ccc(-c2cccnc2-c2nnn[nH]2)cc1. The Morgan fingerprint density at radius 3 is 2.55 bits per heavy atom. The Morgan fingerprint density at radius 2 is 1.82 bits per heavy atom. The smallest absolute Gasteiger partial charge is 0.299 e. The summed E-state index contributed by atoms with van der Waals surface area (Å²) >= 11 is 0. The first-order chi connectivity index (χ1) is 16.2. The molecule has 3 heterocycles. The predicted molar refractivity (Wildman–Crippen MR) is 129 cm³/mol. The number of nitrogens with zero attached hydrogens (tertiary/aromatic N) is 6. The first kappa shape index (κ1) is 22.6.